The van der Waals surface area contributed by atoms with Crippen molar-refractivity contribution in [2.75, 3.05) is 57.4 Å². The van der Waals surface area contributed by atoms with Crippen LogP contribution in [0.5, 0.6) is 0 Å². The maximum Gasteiger partial charge on any atom is 0.282 e. The molecule has 2 aliphatic heterocycles. The summed E-state index contributed by atoms with van der Waals surface area (Å²) in [5.74, 6) is 1.27. The van der Waals surface area contributed by atoms with Gasteiger partial charge in [0.15, 0.2) is 0 Å². The molecule has 30 heavy (non-hydrogen) atoms. The summed E-state index contributed by atoms with van der Waals surface area (Å²) < 4.78 is 33.9. The summed E-state index contributed by atoms with van der Waals surface area (Å²) >= 11 is 0. The molecular formula is C19H26N6O4S. The molecule has 4 rings (SSSR count). The smallest absolute Gasteiger partial charge is 0.282 e. The number of rotatable bonds is 5. The van der Waals surface area contributed by atoms with E-state index in [9.17, 15) is 13.2 Å². The Balaban J connectivity index is 1.42. The van der Waals surface area contributed by atoms with Gasteiger partial charge in [-0.15, -0.1) is 0 Å². The number of hydrogen-bond acceptors (Lipinski definition) is 7. The minimum absolute atomic E-state index is 0.182. The molecule has 2 saturated heterocycles. The normalized spacial score (nSPS) is 19.2. The number of hydrogen-bond donors (Lipinski definition) is 1. The van der Waals surface area contributed by atoms with Crippen molar-refractivity contribution in [3.8, 4) is 11.4 Å². The van der Waals surface area contributed by atoms with Crippen molar-refractivity contribution in [2.24, 2.45) is 0 Å². The van der Waals surface area contributed by atoms with E-state index < -0.39 is 10.2 Å². The summed E-state index contributed by atoms with van der Waals surface area (Å²) in [5, 5.41) is 0. The van der Waals surface area contributed by atoms with E-state index in [2.05, 4.69) is 19.9 Å². The quantitative estimate of drug-likeness (QED) is 0.710. The van der Waals surface area contributed by atoms with Crippen LogP contribution in [0.1, 0.15) is 12.6 Å². The Morgan fingerprint density at radius 1 is 1.07 bits per heavy atom. The lowest BCUT2D eigenvalue weighted by atomic mass is 10.2. The van der Waals surface area contributed by atoms with Crippen LogP contribution in [0.15, 0.2) is 29.2 Å². The molecule has 11 heteroatoms. The standard InChI is InChI=1S/C19H26N6O4S/c1-2-16-13-18(26)22-19(21-16)15-3-4-17(20-14-15)23-5-7-24(8-6-23)30(27,28)25-9-11-29-12-10-25/h3-4,13-14H,2,5-12H2,1H3,(H,21,22,26). The lowest BCUT2D eigenvalue weighted by molar-refractivity contribution is 0.0700. The second-order valence-corrected chi connectivity index (χ2v) is 9.18. The minimum atomic E-state index is -3.45. The van der Waals surface area contributed by atoms with Gasteiger partial charge >= 0.3 is 0 Å². The average Bonchev–Trinajstić information content (AvgIpc) is 2.79. The van der Waals surface area contributed by atoms with Gasteiger partial charge < -0.3 is 14.6 Å². The van der Waals surface area contributed by atoms with Gasteiger partial charge in [0.1, 0.15) is 11.6 Å². The Bertz CT molecular complexity index is 1030. The van der Waals surface area contributed by atoms with E-state index in [1.165, 1.54) is 14.7 Å². The van der Waals surface area contributed by atoms with Crippen LogP contribution < -0.4 is 10.5 Å². The third-order valence-corrected chi connectivity index (χ3v) is 7.40. The predicted octanol–water partition coefficient (Wildman–Crippen LogP) is 0.0933. The molecule has 0 radical (unpaired) electrons. The first-order valence-corrected chi connectivity index (χ1v) is 11.5. The van der Waals surface area contributed by atoms with E-state index in [-0.39, 0.29) is 5.56 Å². The van der Waals surface area contributed by atoms with Crippen molar-refractivity contribution in [3.63, 3.8) is 0 Å². The Hall–Kier alpha value is -2.34. The van der Waals surface area contributed by atoms with Crippen molar-refractivity contribution >= 4 is 16.0 Å². The van der Waals surface area contributed by atoms with Gasteiger partial charge in [0.25, 0.3) is 15.8 Å². The zero-order valence-corrected chi connectivity index (χ0v) is 17.8. The van der Waals surface area contributed by atoms with Crippen molar-refractivity contribution in [1.29, 1.82) is 0 Å². The lowest BCUT2D eigenvalue weighted by Gasteiger charge is -2.38. The number of ether oxygens (including phenoxy) is 1. The largest absolute Gasteiger partial charge is 0.379 e. The van der Waals surface area contributed by atoms with Crippen LogP contribution >= 0.6 is 0 Å². The van der Waals surface area contributed by atoms with E-state index in [0.29, 0.717) is 64.7 Å². The monoisotopic (exact) mass is 434 g/mol. The highest BCUT2D eigenvalue weighted by Gasteiger charge is 2.33. The molecule has 0 spiro atoms. The molecule has 1 N–H and O–H groups in total. The molecule has 0 bridgehead atoms. The van der Waals surface area contributed by atoms with Crippen molar-refractivity contribution in [2.45, 2.75) is 13.3 Å². The molecule has 0 atom stereocenters. The molecule has 10 nitrogen and oxygen atoms in total. The van der Waals surface area contributed by atoms with Gasteiger partial charge in [0.2, 0.25) is 0 Å². The first-order valence-electron chi connectivity index (χ1n) is 10.1. The minimum Gasteiger partial charge on any atom is -0.379 e. The molecular weight excluding hydrogens is 408 g/mol. The Kier molecular flexibility index (Phi) is 6.14. The number of piperazine rings is 1. The molecule has 2 aromatic rings. The molecule has 162 valence electrons. The van der Waals surface area contributed by atoms with E-state index in [0.717, 1.165) is 17.1 Å². The first-order chi connectivity index (χ1) is 14.5. The number of morpholine rings is 1. The van der Waals surface area contributed by atoms with E-state index in [4.69, 9.17) is 4.74 Å². The van der Waals surface area contributed by atoms with Gasteiger partial charge in [-0.3, -0.25) is 4.79 Å². The van der Waals surface area contributed by atoms with E-state index >= 15 is 0 Å². The third-order valence-electron chi connectivity index (χ3n) is 5.36. The summed E-state index contributed by atoms with van der Waals surface area (Å²) in [6.45, 7) is 5.60. The fourth-order valence-electron chi connectivity index (χ4n) is 3.63. The molecule has 0 saturated carbocycles. The number of aryl methyl sites for hydroxylation is 1. The SMILES string of the molecule is CCc1cc(=O)[nH]c(-c2ccc(N3CCN(S(=O)(=O)N4CCOCC4)CC3)nc2)n1. The van der Waals surface area contributed by atoms with Crippen LogP contribution in [0.25, 0.3) is 11.4 Å². The highest BCUT2D eigenvalue weighted by molar-refractivity contribution is 7.86. The van der Waals surface area contributed by atoms with Crippen LogP contribution in [-0.2, 0) is 21.4 Å². The Labute approximate surface area is 175 Å². The number of H-pyrrole nitrogens is 1. The fraction of sp³-hybridized carbons (Fsp3) is 0.526. The summed E-state index contributed by atoms with van der Waals surface area (Å²) in [6.07, 6.45) is 2.37. The number of aromatic amines is 1. The van der Waals surface area contributed by atoms with Crippen LogP contribution in [0.4, 0.5) is 5.82 Å². The van der Waals surface area contributed by atoms with E-state index in [1.54, 1.807) is 6.20 Å². The number of anilines is 1. The molecule has 0 amide bonds. The predicted molar refractivity (Wildman–Crippen MR) is 113 cm³/mol. The summed E-state index contributed by atoms with van der Waals surface area (Å²) in [6, 6.07) is 5.24. The first kappa shape index (κ1) is 20.9. The van der Waals surface area contributed by atoms with Gasteiger partial charge in [-0.05, 0) is 18.6 Å². The average molecular weight is 435 g/mol. The highest BCUT2D eigenvalue weighted by atomic mass is 32.2. The maximum absolute atomic E-state index is 12.8. The zero-order chi connectivity index (χ0) is 21.1. The van der Waals surface area contributed by atoms with Crippen LogP contribution in [0, 0.1) is 0 Å². The van der Waals surface area contributed by atoms with Gasteiger partial charge in [-0.1, -0.05) is 6.92 Å². The van der Waals surface area contributed by atoms with Crippen molar-refractivity contribution in [1.82, 2.24) is 23.6 Å². The highest BCUT2D eigenvalue weighted by Crippen LogP contribution is 2.20. The van der Waals surface area contributed by atoms with Crippen molar-refractivity contribution < 1.29 is 13.2 Å². The zero-order valence-electron chi connectivity index (χ0n) is 17.0. The number of nitrogens with one attached hydrogen (secondary N) is 1. The topological polar surface area (TPSA) is 112 Å². The lowest BCUT2D eigenvalue weighted by Crippen LogP contribution is -2.55. The molecule has 2 aromatic heterocycles. The second kappa shape index (κ2) is 8.80. The maximum atomic E-state index is 12.8. The number of aromatic nitrogens is 3. The molecule has 4 heterocycles. The van der Waals surface area contributed by atoms with Gasteiger partial charge in [0, 0.05) is 62.8 Å². The number of nitrogens with zero attached hydrogens (tertiary/aromatic N) is 5. The fourth-order valence-corrected chi connectivity index (χ4v) is 5.19. The van der Waals surface area contributed by atoms with E-state index in [1.807, 2.05) is 19.1 Å². The van der Waals surface area contributed by atoms with Crippen LogP contribution in [-0.4, -0.2) is 84.5 Å². The summed E-state index contributed by atoms with van der Waals surface area (Å²) in [4.78, 5) is 25.6. The molecule has 2 aliphatic rings. The Morgan fingerprint density at radius 2 is 1.77 bits per heavy atom. The van der Waals surface area contributed by atoms with Gasteiger partial charge in [-0.25, -0.2) is 9.97 Å². The second-order valence-electron chi connectivity index (χ2n) is 7.25. The summed E-state index contributed by atoms with van der Waals surface area (Å²) in [7, 11) is -3.45. The Morgan fingerprint density at radius 3 is 2.40 bits per heavy atom. The van der Waals surface area contributed by atoms with Crippen molar-refractivity contribution in [3.05, 3.63) is 40.4 Å². The van der Waals surface area contributed by atoms with Crippen LogP contribution in [0.3, 0.4) is 0 Å². The summed E-state index contributed by atoms with van der Waals surface area (Å²) in [5.41, 5.74) is 1.29. The number of pyridine rings is 1. The van der Waals surface area contributed by atoms with Gasteiger partial charge in [0.05, 0.1) is 13.2 Å². The van der Waals surface area contributed by atoms with Gasteiger partial charge in [-0.2, -0.15) is 17.0 Å². The molecule has 0 unspecified atom stereocenters. The van der Waals surface area contributed by atoms with Crippen LogP contribution in [0.2, 0.25) is 0 Å². The molecule has 2 fully saturated rings. The molecule has 0 aliphatic carbocycles. The molecule has 0 aromatic carbocycles. The third kappa shape index (κ3) is 4.38.